The molecule has 0 aliphatic heterocycles. The van der Waals surface area contributed by atoms with E-state index in [1.165, 1.54) is 6.07 Å². The first-order valence-corrected chi connectivity index (χ1v) is 6.12. The Kier molecular flexibility index (Phi) is 4.96. The maximum absolute atomic E-state index is 11.8. The first-order chi connectivity index (χ1) is 7.97. The van der Waals surface area contributed by atoms with Gasteiger partial charge in [0.05, 0.1) is 10.6 Å². The van der Waals surface area contributed by atoms with Gasteiger partial charge < -0.3 is 10.4 Å². The van der Waals surface area contributed by atoms with Crippen LogP contribution in [0.2, 0.25) is 5.02 Å². The van der Waals surface area contributed by atoms with Crippen LogP contribution in [0.25, 0.3) is 0 Å². The van der Waals surface area contributed by atoms with Crippen LogP contribution in [0.5, 0.6) is 0 Å². The molecule has 0 radical (unpaired) electrons. The zero-order valence-corrected chi connectivity index (χ0v) is 11.4. The molecule has 0 saturated carbocycles. The number of carbonyl (C=O) groups is 2. The fourth-order valence-electron chi connectivity index (χ4n) is 1.25. The predicted octanol–water partition coefficient (Wildman–Crippen LogP) is 2.70. The second kappa shape index (κ2) is 6.02. The summed E-state index contributed by atoms with van der Waals surface area (Å²) in [5, 5.41) is 11.5. The number of benzene rings is 1. The lowest BCUT2D eigenvalue weighted by atomic mass is 10.1. The van der Waals surface area contributed by atoms with Gasteiger partial charge >= 0.3 is 5.97 Å². The Labute approximate surface area is 112 Å². The van der Waals surface area contributed by atoms with Gasteiger partial charge in [0.1, 0.15) is 6.04 Å². The van der Waals surface area contributed by atoms with E-state index >= 15 is 0 Å². The highest BCUT2D eigenvalue weighted by molar-refractivity contribution is 9.10. The largest absolute Gasteiger partial charge is 0.480 e. The maximum Gasteiger partial charge on any atom is 0.326 e. The molecule has 2 N–H and O–H groups in total. The summed E-state index contributed by atoms with van der Waals surface area (Å²) >= 11 is 9.14. The molecule has 0 fully saturated rings. The van der Waals surface area contributed by atoms with Crippen molar-refractivity contribution in [3.63, 3.8) is 0 Å². The van der Waals surface area contributed by atoms with Crippen molar-refractivity contribution in [1.82, 2.24) is 5.32 Å². The first-order valence-electron chi connectivity index (χ1n) is 4.95. The number of hydrogen-bond acceptors (Lipinski definition) is 2. The number of hydrogen-bond donors (Lipinski definition) is 2. The quantitative estimate of drug-likeness (QED) is 0.896. The van der Waals surface area contributed by atoms with Crippen LogP contribution in [0.15, 0.2) is 22.7 Å². The van der Waals surface area contributed by atoms with Crippen LogP contribution in [-0.2, 0) is 4.79 Å². The van der Waals surface area contributed by atoms with E-state index in [0.717, 1.165) is 0 Å². The predicted molar refractivity (Wildman–Crippen MR) is 68.3 cm³/mol. The SMILES string of the molecule is CC[C@@H](NC(=O)c1cccc(Br)c1Cl)C(=O)O. The summed E-state index contributed by atoms with van der Waals surface area (Å²) in [4.78, 5) is 22.6. The Hall–Kier alpha value is -1.07. The van der Waals surface area contributed by atoms with E-state index < -0.39 is 17.9 Å². The molecule has 0 saturated heterocycles. The second-order valence-corrected chi connectivity index (χ2v) is 4.61. The molecule has 17 heavy (non-hydrogen) atoms. The lowest BCUT2D eigenvalue weighted by molar-refractivity contribution is -0.139. The molecule has 1 aromatic carbocycles. The van der Waals surface area contributed by atoms with Crippen molar-refractivity contribution in [1.29, 1.82) is 0 Å². The molecule has 0 aliphatic carbocycles. The normalized spacial score (nSPS) is 11.9. The summed E-state index contributed by atoms with van der Waals surface area (Å²) in [5.74, 6) is -1.56. The van der Waals surface area contributed by atoms with Crippen LogP contribution in [0.3, 0.4) is 0 Å². The Morgan fingerprint density at radius 3 is 2.71 bits per heavy atom. The van der Waals surface area contributed by atoms with Gasteiger partial charge in [-0.2, -0.15) is 0 Å². The molecular formula is C11H11BrClNO3. The molecule has 0 spiro atoms. The van der Waals surface area contributed by atoms with Gasteiger partial charge in [-0.05, 0) is 34.5 Å². The molecule has 0 unspecified atom stereocenters. The topological polar surface area (TPSA) is 66.4 Å². The number of nitrogens with one attached hydrogen (secondary N) is 1. The van der Waals surface area contributed by atoms with Gasteiger partial charge in [-0.3, -0.25) is 4.79 Å². The molecule has 1 rings (SSSR count). The van der Waals surface area contributed by atoms with Gasteiger partial charge in [-0.25, -0.2) is 4.79 Å². The zero-order valence-electron chi connectivity index (χ0n) is 9.04. The lowest BCUT2D eigenvalue weighted by Crippen LogP contribution is -2.40. The Morgan fingerprint density at radius 2 is 2.18 bits per heavy atom. The monoisotopic (exact) mass is 319 g/mol. The summed E-state index contributed by atoms with van der Waals surface area (Å²) in [6, 6.07) is 3.99. The van der Waals surface area contributed by atoms with Crippen LogP contribution >= 0.6 is 27.5 Å². The van der Waals surface area contributed by atoms with Gasteiger partial charge in [0, 0.05) is 4.47 Å². The van der Waals surface area contributed by atoms with Crippen molar-refractivity contribution in [2.24, 2.45) is 0 Å². The minimum absolute atomic E-state index is 0.251. The summed E-state index contributed by atoms with van der Waals surface area (Å²) in [6.45, 7) is 1.68. The van der Waals surface area contributed by atoms with Crippen molar-refractivity contribution < 1.29 is 14.7 Å². The van der Waals surface area contributed by atoms with Crippen molar-refractivity contribution in [2.45, 2.75) is 19.4 Å². The number of carboxylic acids is 1. The summed E-state index contributed by atoms with van der Waals surface area (Å²) < 4.78 is 0.593. The third-order valence-corrected chi connectivity index (χ3v) is 3.50. The fourth-order valence-corrected chi connectivity index (χ4v) is 1.83. The first kappa shape index (κ1) is 14.0. The van der Waals surface area contributed by atoms with Crippen molar-refractivity contribution >= 4 is 39.4 Å². The standard InChI is InChI=1S/C11H11BrClNO3/c1-2-8(11(16)17)14-10(15)6-4-3-5-7(12)9(6)13/h3-5,8H,2H2,1H3,(H,14,15)(H,16,17)/t8-/m1/s1. The smallest absolute Gasteiger partial charge is 0.326 e. The molecule has 6 heteroatoms. The number of carbonyl (C=O) groups excluding carboxylic acids is 1. The lowest BCUT2D eigenvalue weighted by Gasteiger charge is -2.13. The third-order valence-electron chi connectivity index (χ3n) is 2.21. The van der Waals surface area contributed by atoms with Crippen LogP contribution < -0.4 is 5.32 Å². The number of amides is 1. The molecule has 1 aromatic rings. The molecule has 1 amide bonds. The van der Waals surface area contributed by atoms with E-state index in [1.807, 2.05) is 0 Å². The van der Waals surface area contributed by atoms with Gasteiger partial charge in [0.25, 0.3) is 5.91 Å². The zero-order chi connectivity index (χ0) is 13.0. The van der Waals surface area contributed by atoms with E-state index in [0.29, 0.717) is 10.9 Å². The average molecular weight is 321 g/mol. The molecule has 4 nitrogen and oxygen atoms in total. The van der Waals surface area contributed by atoms with Crippen molar-refractivity contribution in [3.05, 3.63) is 33.3 Å². The highest BCUT2D eigenvalue weighted by Gasteiger charge is 2.20. The number of halogens is 2. The molecule has 0 heterocycles. The van der Waals surface area contributed by atoms with E-state index in [9.17, 15) is 9.59 Å². The average Bonchev–Trinajstić information content (AvgIpc) is 2.28. The highest BCUT2D eigenvalue weighted by Crippen LogP contribution is 2.25. The highest BCUT2D eigenvalue weighted by atomic mass is 79.9. The Morgan fingerprint density at radius 1 is 1.53 bits per heavy atom. The third kappa shape index (κ3) is 3.44. The van der Waals surface area contributed by atoms with E-state index in [1.54, 1.807) is 19.1 Å². The van der Waals surface area contributed by atoms with E-state index in [2.05, 4.69) is 21.2 Å². The Bertz CT molecular complexity index is 450. The number of rotatable bonds is 4. The fraction of sp³-hybridized carbons (Fsp3) is 0.273. The molecule has 0 aliphatic rings. The van der Waals surface area contributed by atoms with Gasteiger partial charge in [-0.1, -0.05) is 24.6 Å². The van der Waals surface area contributed by atoms with E-state index in [4.69, 9.17) is 16.7 Å². The maximum atomic E-state index is 11.8. The number of aliphatic carboxylic acids is 1. The molecule has 92 valence electrons. The van der Waals surface area contributed by atoms with Crippen molar-refractivity contribution in [2.75, 3.05) is 0 Å². The number of carboxylic acid groups (broad SMARTS) is 1. The summed E-state index contributed by atoms with van der Waals surface area (Å²) in [5.41, 5.74) is 0.251. The molecule has 0 bridgehead atoms. The molecular weight excluding hydrogens is 309 g/mol. The van der Waals surface area contributed by atoms with E-state index in [-0.39, 0.29) is 10.6 Å². The van der Waals surface area contributed by atoms with Gasteiger partial charge in [-0.15, -0.1) is 0 Å². The van der Waals surface area contributed by atoms with Crippen LogP contribution in [0.4, 0.5) is 0 Å². The van der Waals surface area contributed by atoms with Crippen LogP contribution in [0.1, 0.15) is 23.7 Å². The molecule has 1 atom stereocenters. The van der Waals surface area contributed by atoms with Crippen LogP contribution in [-0.4, -0.2) is 23.0 Å². The molecule has 0 aromatic heterocycles. The minimum atomic E-state index is -1.06. The summed E-state index contributed by atoms with van der Waals surface area (Å²) in [6.07, 6.45) is 0.312. The van der Waals surface area contributed by atoms with Crippen molar-refractivity contribution in [3.8, 4) is 0 Å². The summed E-state index contributed by atoms with van der Waals surface area (Å²) in [7, 11) is 0. The second-order valence-electron chi connectivity index (χ2n) is 3.37. The minimum Gasteiger partial charge on any atom is -0.480 e. The van der Waals surface area contributed by atoms with Gasteiger partial charge in [0.2, 0.25) is 0 Å². The van der Waals surface area contributed by atoms with Crippen LogP contribution in [0, 0.1) is 0 Å². The van der Waals surface area contributed by atoms with Gasteiger partial charge in [0.15, 0.2) is 0 Å². The Balaban J connectivity index is 2.90.